The van der Waals surface area contributed by atoms with Crippen molar-refractivity contribution in [1.29, 1.82) is 0 Å². The number of nitrogens with one attached hydrogen (secondary N) is 2. The van der Waals surface area contributed by atoms with Crippen LogP contribution in [0.4, 0.5) is 10.5 Å². The molecule has 2 aromatic carbocycles. The molecule has 6 nitrogen and oxygen atoms in total. The predicted octanol–water partition coefficient (Wildman–Crippen LogP) is 3.84. The number of hydrogen-bond donors (Lipinski definition) is 2. The molecule has 1 spiro atoms. The zero-order chi connectivity index (χ0) is 21.3. The number of amides is 3. The summed E-state index contributed by atoms with van der Waals surface area (Å²) in [7, 11) is 0. The quantitative estimate of drug-likeness (QED) is 0.779. The van der Waals surface area contributed by atoms with Crippen LogP contribution in [0, 0.1) is 5.41 Å². The van der Waals surface area contributed by atoms with E-state index in [0.717, 1.165) is 45.4 Å². The van der Waals surface area contributed by atoms with Crippen LogP contribution < -0.4 is 10.6 Å². The zero-order valence-electron chi connectivity index (χ0n) is 17.9. The van der Waals surface area contributed by atoms with Gasteiger partial charge in [0.25, 0.3) is 5.91 Å². The monoisotopic (exact) mass is 418 g/mol. The first-order valence-corrected chi connectivity index (χ1v) is 11.3. The van der Waals surface area contributed by atoms with Gasteiger partial charge in [0.15, 0.2) is 0 Å². The van der Waals surface area contributed by atoms with Gasteiger partial charge in [-0.05, 0) is 79.6 Å². The maximum atomic E-state index is 13.1. The fourth-order valence-electron chi connectivity index (χ4n) is 5.30. The largest absolute Gasteiger partial charge is 0.338 e. The Kier molecular flexibility index (Phi) is 5.40. The van der Waals surface area contributed by atoms with Crippen molar-refractivity contribution in [3.05, 3.63) is 65.2 Å². The van der Waals surface area contributed by atoms with Crippen LogP contribution in [0.25, 0.3) is 0 Å². The Morgan fingerprint density at radius 3 is 2.23 bits per heavy atom. The van der Waals surface area contributed by atoms with Crippen LogP contribution in [0.15, 0.2) is 48.5 Å². The Bertz CT molecular complexity index is 935. The van der Waals surface area contributed by atoms with Crippen molar-refractivity contribution < 1.29 is 9.59 Å². The standard InChI is InChI=1S/C25H30N4O2/c30-23(28-15-3-10-25(18-28)11-13-26-14-12-25)19-6-8-22(9-7-19)27-24(31)29-16-20-4-1-2-5-21(20)17-29/h1-2,4-9,26H,3,10-18H2,(H,27,31). The number of carbonyl (C=O) groups is 2. The highest BCUT2D eigenvalue weighted by Crippen LogP contribution is 2.38. The number of fused-ring (bicyclic) bond motifs is 1. The van der Waals surface area contributed by atoms with Crippen LogP contribution in [0.3, 0.4) is 0 Å². The van der Waals surface area contributed by atoms with Gasteiger partial charge in [-0.3, -0.25) is 4.79 Å². The average Bonchev–Trinajstić information content (AvgIpc) is 3.24. The number of nitrogens with zero attached hydrogens (tertiary/aromatic N) is 2. The van der Waals surface area contributed by atoms with Gasteiger partial charge >= 0.3 is 6.03 Å². The van der Waals surface area contributed by atoms with E-state index in [1.54, 1.807) is 4.90 Å². The van der Waals surface area contributed by atoms with Gasteiger partial charge in [-0.25, -0.2) is 4.79 Å². The van der Waals surface area contributed by atoms with E-state index in [9.17, 15) is 9.59 Å². The fraction of sp³-hybridized carbons (Fsp3) is 0.440. The van der Waals surface area contributed by atoms with Gasteiger partial charge in [0.1, 0.15) is 0 Å². The van der Waals surface area contributed by atoms with Crippen molar-refractivity contribution in [2.45, 2.75) is 38.8 Å². The smallest absolute Gasteiger partial charge is 0.322 e. The first-order valence-electron chi connectivity index (χ1n) is 11.3. The molecule has 0 atom stereocenters. The summed E-state index contributed by atoms with van der Waals surface area (Å²) in [5, 5.41) is 6.40. The van der Waals surface area contributed by atoms with Gasteiger partial charge in [0.05, 0.1) is 0 Å². The van der Waals surface area contributed by atoms with Crippen LogP contribution in [0.2, 0.25) is 0 Å². The van der Waals surface area contributed by atoms with Gasteiger partial charge in [0, 0.05) is 37.4 Å². The third-order valence-electron chi connectivity index (χ3n) is 7.12. The second-order valence-corrected chi connectivity index (χ2v) is 9.21. The van der Waals surface area contributed by atoms with E-state index in [4.69, 9.17) is 0 Å². The normalized spacial score (nSPS) is 19.9. The molecule has 162 valence electrons. The molecule has 3 aliphatic heterocycles. The SMILES string of the molecule is O=C(Nc1ccc(C(=O)N2CCCC3(CCNCC3)C2)cc1)N1Cc2ccccc2C1. The molecule has 3 amide bonds. The molecule has 2 fully saturated rings. The molecular formula is C25H30N4O2. The second-order valence-electron chi connectivity index (χ2n) is 9.21. The molecule has 5 rings (SSSR count). The highest BCUT2D eigenvalue weighted by Gasteiger charge is 2.38. The summed E-state index contributed by atoms with van der Waals surface area (Å²) in [6, 6.07) is 15.4. The molecule has 0 unspecified atom stereocenters. The molecule has 6 heteroatoms. The Morgan fingerprint density at radius 1 is 0.871 bits per heavy atom. The molecule has 0 saturated carbocycles. The van der Waals surface area contributed by atoms with Gasteiger partial charge in [-0.2, -0.15) is 0 Å². The zero-order valence-corrected chi connectivity index (χ0v) is 17.9. The Morgan fingerprint density at radius 2 is 1.55 bits per heavy atom. The number of carbonyl (C=O) groups excluding carboxylic acids is 2. The first-order chi connectivity index (χ1) is 15.1. The molecule has 2 N–H and O–H groups in total. The van der Waals surface area contributed by atoms with Gasteiger partial charge in [-0.15, -0.1) is 0 Å². The molecular weight excluding hydrogens is 388 g/mol. The lowest BCUT2D eigenvalue weighted by Crippen LogP contribution is -2.50. The van der Waals surface area contributed by atoms with Gasteiger partial charge in [-0.1, -0.05) is 24.3 Å². The van der Waals surface area contributed by atoms with E-state index in [1.807, 2.05) is 41.3 Å². The lowest BCUT2D eigenvalue weighted by molar-refractivity contribution is 0.0411. The Balaban J connectivity index is 1.20. The van der Waals surface area contributed by atoms with Crippen molar-refractivity contribution in [3.8, 4) is 0 Å². The van der Waals surface area contributed by atoms with Crippen LogP contribution in [-0.2, 0) is 13.1 Å². The van der Waals surface area contributed by atoms with Crippen molar-refractivity contribution in [2.75, 3.05) is 31.5 Å². The van der Waals surface area contributed by atoms with Gasteiger partial charge in [0.2, 0.25) is 0 Å². The minimum absolute atomic E-state index is 0.102. The summed E-state index contributed by atoms with van der Waals surface area (Å²) in [6.45, 7) is 5.07. The average molecular weight is 419 g/mol. The van der Waals surface area contributed by atoms with Crippen LogP contribution in [0.1, 0.15) is 47.2 Å². The second kappa shape index (κ2) is 8.35. The fourth-order valence-corrected chi connectivity index (χ4v) is 5.30. The summed E-state index contributed by atoms with van der Waals surface area (Å²) in [5.74, 6) is 0.102. The topological polar surface area (TPSA) is 64.7 Å². The van der Waals surface area contributed by atoms with Crippen LogP contribution in [0.5, 0.6) is 0 Å². The van der Waals surface area contributed by atoms with E-state index in [2.05, 4.69) is 22.8 Å². The Labute approximate surface area is 183 Å². The highest BCUT2D eigenvalue weighted by molar-refractivity contribution is 5.95. The van der Waals surface area contributed by atoms with Crippen LogP contribution in [-0.4, -0.2) is 47.9 Å². The molecule has 2 saturated heterocycles. The van der Waals surface area contributed by atoms with E-state index < -0.39 is 0 Å². The van der Waals surface area contributed by atoms with Crippen molar-refractivity contribution in [2.24, 2.45) is 5.41 Å². The van der Waals surface area contributed by atoms with Crippen molar-refractivity contribution in [1.82, 2.24) is 15.1 Å². The molecule has 2 aromatic rings. The maximum Gasteiger partial charge on any atom is 0.322 e. The minimum atomic E-state index is -0.112. The van der Waals surface area contributed by atoms with E-state index in [1.165, 1.54) is 17.5 Å². The number of anilines is 1. The Hall–Kier alpha value is -2.86. The maximum absolute atomic E-state index is 13.1. The molecule has 3 heterocycles. The summed E-state index contributed by atoms with van der Waals surface area (Å²) in [6.07, 6.45) is 4.62. The predicted molar refractivity (Wildman–Crippen MR) is 121 cm³/mol. The summed E-state index contributed by atoms with van der Waals surface area (Å²) in [5.41, 5.74) is 4.10. The molecule has 3 aliphatic rings. The highest BCUT2D eigenvalue weighted by atomic mass is 16.2. The number of likely N-dealkylation sites (tertiary alicyclic amines) is 1. The number of urea groups is 1. The van der Waals surface area contributed by atoms with Crippen molar-refractivity contribution >= 4 is 17.6 Å². The summed E-state index contributed by atoms with van der Waals surface area (Å²) >= 11 is 0. The molecule has 0 aromatic heterocycles. The van der Waals surface area contributed by atoms with Crippen LogP contribution >= 0.6 is 0 Å². The van der Waals surface area contributed by atoms with E-state index in [0.29, 0.717) is 29.8 Å². The summed E-state index contributed by atoms with van der Waals surface area (Å²) in [4.78, 5) is 29.6. The first kappa shape index (κ1) is 20.1. The number of benzene rings is 2. The molecule has 0 bridgehead atoms. The minimum Gasteiger partial charge on any atom is -0.338 e. The van der Waals surface area contributed by atoms with E-state index >= 15 is 0 Å². The molecule has 31 heavy (non-hydrogen) atoms. The third kappa shape index (κ3) is 4.17. The van der Waals surface area contributed by atoms with E-state index in [-0.39, 0.29) is 11.9 Å². The number of rotatable bonds is 2. The lowest BCUT2D eigenvalue weighted by atomic mass is 9.73. The van der Waals surface area contributed by atoms with Crippen molar-refractivity contribution in [3.63, 3.8) is 0 Å². The number of piperidine rings is 2. The molecule has 0 aliphatic carbocycles. The van der Waals surface area contributed by atoms with Gasteiger partial charge < -0.3 is 20.4 Å². The molecule has 0 radical (unpaired) electrons. The lowest BCUT2D eigenvalue weighted by Gasteiger charge is -2.45. The third-order valence-corrected chi connectivity index (χ3v) is 7.12. The summed E-state index contributed by atoms with van der Waals surface area (Å²) < 4.78 is 0. The number of hydrogen-bond acceptors (Lipinski definition) is 3.